The zero-order chi connectivity index (χ0) is 12.7. The Balaban J connectivity index is 2.75. The fraction of sp³-hybridized carbons (Fsp3) is 0.250. The van der Waals surface area contributed by atoms with Crippen LogP contribution in [0.15, 0.2) is 24.5 Å². The Morgan fingerprint density at radius 2 is 1.94 bits per heavy atom. The van der Waals surface area contributed by atoms with Gasteiger partial charge in [-0.1, -0.05) is 6.07 Å². The summed E-state index contributed by atoms with van der Waals surface area (Å²) in [6, 6.07) is 5.38. The van der Waals surface area contributed by atoms with E-state index in [4.69, 9.17) is 14.2 Å². The van der Waals surface area contributed by atoms with Crippen LogP contribution in [0.4, 0.5) is 4.79 Å². The number of carbonyl (C=O) groups excluding carboxylic acids is 1. The molecule has 0 bridgehead atoms. The largest absolute Gasteiger partial charge is 0.493 e. The highest BCUT2D eigenvalue weighted by molar-refractivity contribution is 5.68. The van der Waals surface area contributed by atoms with Crippen LogP contribution in [0.2, 0.25) is 0 Å². The first kappa shape index (κ1) is 12.9. The minimum atomic E-state index is -0.512. The summed E-state index contributed by atoms with van der Waals surface area (Å²) in [7, 11) is 4.63. The van der Waals surface area contributed by atoms with Crippen LogP contribution in [0.3, 0.4) is 0 Å². The lowest BCUT2D eigenvalue weighted by atomic mass is 10.2. The van der Waals surface area contributed by atoms with Crippen molar-refractivity contribution in [2.24, 2.45) is 0 Å². The van der Waals surface area contributed by atoms with Crippen molar-refractivity contribution < 1.29 is 19.0 Å². The van der Waals surface area contributed by atoms with Gasteiger partial charge in [0.25, 0.3) is 0 Å². The number of alkyl carbamates (subject to hydrolysis) is 1. The van der Waals surface area contributed by atoms with E-state index in [1.165, 1.54) is 13.3 Å². The van der Waals surface area contributed by atoms with Crippen LogP contribution in [0.25, 0.3) is 6.08 Å². The Morgan fingerprint density at radius 3 is 2.53 bits per heavy atom. The molecule has 17 heavy (non-hydrogen) atoms. The van der Waals surface area contributed by atoms with E-state index in [1.54, 1.807) is 32.4 Å². The highest BCUT2D eigenvalue weighted by atomic mass is 16.5. The van der Waals surface area contributed by atoms with Gasteiger partial charge in [-0.05, 0) is 23.8 Å². The quantitative estimate of drug-likeness (QED) is 0.814. The number of hydrogen-bond acceptors (Lipinski definition) is 4. The normalized spacial score (nSPS) is 10.1. The molecule has 5 nitrogen and oxygen atoms in total. The van der Waals surface area contributed by atoms with Crippen molar-refractivity contribution in [2.75, 3.05) is 21.3 Å². The SMILES string of the molecule is CNC(=O)OC=Cc1ccc(OC)c(OC)c1. The van der Waals surface area contributed by atoms with Gasteiger partial charge >= 0.3 is 6.09 Å². The maximum absolute atomic E-state index is 10.8. The van der Waals surface area contributed by atoms with Crippen molar-refractivity contribution in [3.8, 4) is 11.5 Å². The summed E-state index contributed by atoms with van der Waals surface area (Å²) >= 11 is 0. The van der Waals surface area contributed by atoms with E-state index in [0.29, 0.717) is 11.5 Å². The first-order chi connectivity index (χ1) is 8.21. The summed E-state index contributed by atoms with van der Waals surface area (Å²) in [6.07, 6.45) is 2.44. The lowest BCUT2D eigenvalue weighted by Gasteiger charge is -2.07. The second-order valence-electron chi connectivity index (χ2n) is 3.07. The first-order valence-corrected chi connectivity index (χ1v) is 4.98. The number of amides is 1. The molecule has 1 amide bonds. The number of hydrogen-bond donors (Lipinski definition) is 1. The molecule has 0 saturated carbocycles. The highest BCUT2D eigenvalue weighted by Gasteiger charge is 2.02. The molecule has 0 atom stereocenters. The van der Waals surface area contributed by atoms with Crippen LogP contribution in [-0.2, 0) is 4.74 Å². The predicted octanol–water partition coefficient (Wildman–Crippen LogP) is 2.03. The molecule has 0 aromatic heterocycles. The standard InChI is InChI=1S/C12H15NO4/c1-13-12(14)17-7-6-9-4-5-10(15-2)11(8-9)16-3/h4-8H,1-3H3,(H,13,14). The van der Waals surface area contributed by atoms with Crippen LogP contribution in [-0.4, -0.2) is 27.4 Å². The van der Waals surface area contributed by atoms with Gasteiger partial charge in [0.05, 0.1) is 20.5 Å². The van der Waals surface area contributed by atoms with E-state index in [9.17, 15) is 4.79 Å². The van der Waals surface area contributed by atoms with Crippen molar-refractivity contribution in [1.29, 1.82) is 0 Å². The Hall–Kier alpha value is -2.17. The monoisotopic (exact) mass is 237 g/mol. The molecule has 1 aromatic rings. The molecule has 0 spiro atoms. The molecule has 92 valence electrons. The van der Waals surface area contributed by atoms with E-state index < -0.39 is 6.09 Å². The molecule has 0 unspecified atom stereocenters. The van der Waals surface area contributed by atoms with Crippen LogP contribution >= 0.6 is 0 Å². The number of ether oxygens (including phenoxy) is 3. The van der Waals surface area contributed by atoms with Gasteiger partial charge < -0.3 is 19.5 Å². The van der Waals surface area contributed by atoms with E-state index in [-0.39, 0.29) is 0 Å². The molecule has 0 aliphatic heterocycles. The van der Waals surface area contributed by atoms with Gasteiger partial charge in [0.2, 0.25) is 0 Å². The maximum Gasteiger partial charge on any atom is 0.411 e. The fourth-order valence-electron chi connectivity index (χ4n) is 1.19. The van der Waals surface area contributed by atoms with Crippen molar-refractivity contribution >= 4 is 12.2 Å². The lowest BCUT2D eigenvalue weighted by Crippen LogP contribution is -2.16. The molecule has 0 aliphatic carbocycles. The third-order valence-electron chi connectivity index (χ3n) is 2.05. The third-order valence-corrected chi connectivity index (χ3v) is 2.05. The molecular formula is C12H15NO4. The number of nitrogens with one attached hydrogen (secondary N) is 1. The van der Waals surface area contributed by atoms with Crippen LogP contribution in [0, 0.1) is 0 Å². The first-order valence-electron chi connectivity index (χ1n) is 4.98. The molecule has 1 N–H and O–H groups in total. The third kappa shape index (κ3) is 3.71. The molecule has 1 rings (SSSR count). The van der Waals surface area contributed by atoms with Crippen molar-refractivity contribution in [1.82, 2.24) is 5.32 Å². The summed E-state index contributed by atoms with van der Waals surface area (Å²) in [5.74, 6) is 1.27. The minimum Gasteiger partial charge on any atom is -0.493 e. The smallest absolute Gasteiger partial charge is 0.411 e. The minimum absolute atomic E-state index is 0.512. The molecular weight excluding hydrogens is 222 g/mol. The number of methoxy groups -OCH3 is 2. The van der Waals surface area contributed by atoms with Crippen molar-refractivity contribution in [2.45, 2.75) is 0 Å². The summed E-state index contributed by atoms with van der Waals surface area (Å²) in [5, 5.41) is 2.33. The fourth-order valence-corrected chi connectivity index (χ4v) is 1.19. The van der Waals surface area contributed by atoms with Gasteiger partial charge in [-0.25, -0.2) is 4.79 Å². The van der Waals surface area contributed by atoms with E-state index >= 15 is 0 Å². The van der Waals surface area contributed by atoms with Crippen LogP contribution < -0.4 is 14.8 Å². The van der Waals surface area contributed by atoms with Crippen LogP contribution in [0.5, 0.6) is 11.5 Å². The Kier molecular flexibility index (Phi) is 4.87. The summed E-state index contributed by atoms with van der Waals surface area (Å²) < 4.78 is 15.0. The molecule has 0 saturated heterocycles. The molecule has 1 aromatic carbocycles. The van der Waals surface area contributed by atoms with Gasteiger partial charge in [-0.15, -0.1) is 0 Å². The lowest BCUT2D eigenvalue weighted by molar-refractivity contribution is 0.188. The van der Waals surface area contributed by atoms with Gasteiger partial charge in [-0.2, -0.15) is 0 Å². The Labute approximate surface area is 100.0 Å². The van der Waals surface area contributed by atoms with Gasteiger partial charge in [0.15, 0.2) is 11.5 Å². The zero-order valence-corrected chi connectivity index (χ0v) is 10.0. The second-order valence-corrected chi connectivity index (χ2v) is 3.07. The Bertz CT molecular complexity index is 415. The van der Waals surface area contributed by atoms with Gasteiger partial charge in [0.1, 0.15) is 0 Å². The molecule has 0 fully saturated rings. The topological polar surface area (TPSA) is 56.8 Å². The maximum atomic E-state index is 10.8. The molecule has 0 aliphatic rings. The zero-order valence-electron chi connectivity index (χ0n) is 10.0. The van der Waals surface area contributed by atoms with Crippen molar-refractivity contribution in [3.63, 3.8) is 0 Å². The predicted molar refractivity (Wildman–Crippen MR) is 64.1 cm³/mol. The Morgan fingerprint density at radius 1 is 1.24 bits per heavy atom. The van der Waals surface area contributed by atoms with E-state index in [0.717, 1.165) is 5.56 Å². The summed E-state index contributed by atoms with van der Waals surface area (Å²) in [6.45, 7) is 0. The highest BCUT2D eigenvalue weighted by Crippen LogP contribution is 2.27. The average Bonchev–Trinajstić information content (AvgIpc) is 2.38. The van der Waals surface area contributed by atoms with Gasteiger partial charge in [-0.3, -0.25) is 0 Å². The van der Waals surface area contributed by atoms with E-state index in [1.807, 2.05) is 6.07 Å². The molecule has 0 radical (unpaired) electrons. The van der Waals surface area contributed by atoms with E-state index in [2.05, 4.69) is 5.32 Å². The van der Waals surface area contributed by atoms with Crippen LogP contribution in [0.1, 0.15) is 5.56 Å². The van der Waals surface area contributed by atoms with Gasteiger partial charge in [0, 0.05) is 7.05 Å². The molecule has 0 heterocycles. The van der Waals surface area contributed by atoms with Crippen molar-refractivity contribution in [3.05, 3.63) is 30.0 Å². The molecule has 5 heteroatoms. The number of rotatable bonds is 4. The average molecular weight is 237 g/mol. The second kappa shape index (κ2) is 6.42. The summed E-state index contributed by atoms with van der Waals surface area (Å²) in [5.41, 5.74) is 0.839. The number of carbonyl (C=O) groups is 1. The summed E-state index contributed by atoms with van der Waals surface area (Å²) in [4.78, 5) is 10.8. The number of benzene rings is 1.